The normalized spacial score (nSPS) is 32.1. The highest BCUT2D eigenvalue weighted by Crippen LogP contribution is 2.47. The van der Waals surface area contributed by atoms with Crippen LogP contribution in [-0.2, 0) is 14.4 Å². The maximum absolute atomic E-state index is 12.4. The number of carboxylic acid groups (broad SMARTS) is 1. The van der Waals surface area contributed by atoms with Gasteiger partial charge in [-0.1, -0.05) is 12.2 Å². The zero-order valence-electron chi connectivity index (χ0n) is 10.7. The van der Waals surface area contributed by atoms with Crippen LogP contribution in [0.1, 0.15) is 38.5 Å². The number of hydrogen-bond donors (Lipinski definition) is 1. The molecule has 1 N–H and O–H groups in total. The standard InChI is InChI=1S/C14H17NO4/c16-11(17)8-14(6-3-7-14)15-12(18)9-4-1-2-5-10(9)13(15)19/h1-2,9-10H,3-8H2,(H,16,17). The maximum Gasteiger partial charge on any atom is 0.305 e. The molecule has 1 saturated heterocycles. The largest absolute Gasteiger partial charge is 0.481 e. The molecule has 5 nitrogen and oxygen atoms in total. The van der Waals surface area contributed by atoms with Crippen LogP contribution >= 0.6 is 0 Å². The second-order valence-electron chi connectivity index (χ2n) is 5.82. The molecule has 0 spiro atoms. The summed E-state index contributed by atoms with van der Waals surface area (Å²) in [4.78, 5) is 37.2. The lowest BCUT2D eigenvalue weighted by Gasteiger charge is -2.46. The van der Waals surface area contributed by atoms with E-state index >= 15 is 0 Å². The molecule has 2 amide bonds. The van der Waals surface area contributed by atoms with Crippen LogP contribution in [0.15, 0.2) is 12.2 Å². The van der Waals surface area contributed by atoms with Crippen LogP contribution in [0.5, 0.6) is 0 Å². The lowest BCUT2D eigenvalue weighted by atomic mass is 9.73. The molecule has 1 saturated carbocycles. The third kappa shape index (κ3) is 1.71. The quantitative estimate of drug-likeness (QED) is 0.616. The van der Waals surface area contributed by atoms with E-state index in [4.69, 9.17) is 5.11 Å². The Morgan fingerprint density at radius 3 is 2.11 bits per heavy atom. The predicted molar refractivity (Wildman–Crippen MR) is 66.0 cm³/mol. The van der Waals surface area contributed by atoms with Crippen LogP contribution in [0.2, 0.25) is 0 Å². The van der Waals surface area contributed by atoms with Gasteiger partial charge in [0.25, 0.3) is 0 Å². The smallest absolute Gasteiger partial charge is 0.305 e. The van der Waals surface area contributed by atoms with Crippen LogP contribution < -0.4 is 0 Å². The first-order valence-corrected chi connectivity index (χ1v) is 6.80. The van der Waals surface area contributed by atoms with Crippen molar-refractivity contribution < 1.29 is 19.5 Å². The van der Waals surface area contributed by atoms with Gasteiger partial charge in [-0.05, 0) is 32.1 Å². The molecule has 2 unspecified atom stereocenters. The summed E-state index contributed by atoms with van der Waals surface area (Å²) < 4.78 is 0. The van der Waals surface area contributed by atoms with Crippen molar-refractivity contribution in [2.75, 3.05) is 0 Å². The monoisotopic (exact) mass is 263 g/mol. The van der Waals surface area contributed by atoms with E-state index in [0.29, 0.717) is 25.7 Å². The summed E-state index contributed by atoms with van der Waals surface area (Å²) in [6.07, 6.45) is 7.13. The number of carbonyl (C=O) groups excluding carboxylic acids is 2. The second-order valence-corrected chi connectivity index (χ2v) is 5.82. The zero-order chi connectivity index (χ0) is 13.6. The molecule has 0 bridgehead atoms. The number of aliphatic carboxylic acids is 1. The van der Waals surface area contributed by atoms with Gasteiger partial charge in [0.05, 0.1) is 23.8 Å². The molecular weight excluding hydrogens is 246 g/mol. The van der Waals surface area contributed by atoms with Gasteiger partial charge in [0.2, 0.25) is 11.8 Å². The number of carboxylic acids is 1. The number of imide groups is 1. The molecule has 0 aromatic rings. The maximum atomic E-state index is 12.4. The minimum Gasteiger partial charge on any atom is -0.481 e. The van der Waals surface area contributed by atoms with E-state index in [1.54, 1.807) is 0 Å². The summed E-state index contributed by atoms with van der Waals surface area (Å²) >= 11 is 0. The first-order valence-electron chi connectivity index (χ1n) is 6.80. The van der Waals surface area contributed by atoms with Crippen molar-refractivity contribution in [1.82, 2.24) is 4.90 Å². The van der Waals surface area contributed by atoms with Crippen LogP contribution in [0.3, 0.4) is 0 Å². The van der Waals surface area contributed by atoms with E-state index < -0.39 is 11.5 Å². The molecule has 2 atom stereocenters. The van der Waals surface area contributed by atoms with Gasteiger partial charge < -0.3 is 5.11 Å². The van der Waals surface area contributed by atoms with Gasteiger partial charge in [0.1, 0.15) is 0 Å². The Bertz CT molecular complexity index is 452. The SMILES string of the molecule is O=C(O)CC1(N2C(=O)C3CC=CCC3C2=O)CCC1. The number of fused-ring (bicyclic) bond motifs is 1. The summed E-state index contributed by atoms with van der Waals surface area (Å²) in [7, 11) is 0. The fraction of sp³-hybridized carbons (Fsp3) is 0.643. The number of likely N-dealkylation sites (tertiary alicyclic amines) is 1. The van der Waals surface area contributed by atoms with Gasteiger partial charge in [0.15, 0.2) is 0 Å². The van der Waals surface area contributed by atoms with Gasteiger partial charge in [-0.15, -0.1) is 0 Å². The molecule has 2 aliphatic carbocycles. The third-order valence-electron chi connectivity index (χ3n) is 4.75. The van der Waals surface area contributed by atoms with Crippen molar-refractivity contribution in [3.63, 3.8) is 0 Å². The minimum atomic E-state index is -0.937. The lowest BCUT2D eigenvalue weighted by Crippen LogP contribution is -2.57. The number of hydrogen-bond acceptors (Lipinski definition) is 3. The molecule has 0 aromatic heterocycles. The molecule has 3 aliphatic rings. The fourth-order valence-electron chi connectivity index (χ4n) is 3.61. The molecule has 3 rings (SSSR count). The Labute approximate surface area is 111 Å². The van der Waals surface area contributed by atoms with Crippen LogP contribution in [0.25, 0.3) is 0 Å². The number of allylic oxidation sites excluding steroid dienone is 2. The van der Waals surface area contributed by atoms with E-state index in [0.717, 1.165) is 6.42 Å². The molecule has 5 heteroatoms. The third-order valence-corrected chi connectivity index (χ3v) is 4.75. The molecule has 0 aromatic carbocycles. The van der Waals surface area contributed by atoms with E-state index in [2.05, 4.69) is 0 Å². The first kappa shape index (κ1) is 12.4. The topological polar surface area (TPSA) is 74.7 Å². The van der Waals surface area contributed by atoms with Crippen LogP contribution in [0, 0.1) is 11.8 Å². The summed E-state index contributed by atoms with van der Waals surface area (Å²) in [6, 6.07) is 0. The Kier molecular flexibility index (Phi) is 2.73. The highest BCUT2D eigenvalue weighted by molar-refractivity contribution is 6.06. The molecular formula is C14H17NO4. The number of rotatable bonds is 3. The van der Waals surface area contributed by atoms with E-state index in [1.165, 1.54) is 4.90 Å². The zero-order valence-corrected chi connectivity index (χ0v) is 10.7. The number of amides is 2. The lowest BCUT2D eigenvalue weighted by molar-refractivity contribution is -0.156. The fourth-order valence-corrected chi connectivity index (χ4v) is 3.61. The van der Waals surface area contributed by atoms with Crippen molar-refractivity contribution in [3.8, 4) is 0 Å². The summed E-state index contributed by atoms with van der Waals surface area (Å²) in [5.74, 6) is -1.76. The van der Waals surface area contributed by atoms with Crippen molar-refractivity contribution in [1.29, 1.82) is 0 Å². The Morgan fingerprint density at radius 2 is 1.74 bits per heavy atom. The van der Waals surface area contributed by atoms with Gasteiger partial charge in [-0.3, -0.25) is 19.3 Å². The van der Waals surface area contributed by atoms with Crippen molar-refractivity contribution >= 4 is 17.8 Å². The average molecular weight is 263 g/mol. The molecule has 2 fully saturated rings. The van der Waals surface area contributed by atoms with Gasteiger partial charge in [0, 0.05) is 0 Å². The number of nitrogens with zero attached hydrogens (tertiary/aromatic N) is 1. The van der Waals surface area contributed by atoms with Crippen molar-refractivity contribution in [2.45, 2.75) is 44.1 Å². The summed E-state index contributed by atoms with van der Waals surface area (Å²) in [5.41, 5.74) is -0.739. The van der Waals surface area contributed by atoms with Gasteiger partial charge >= 0.3 is 5.97 Å². The van der Waals surface area contributed by atoms with E-state index in [1.807, 2.05) is 12.2 Å². The second kappa shape index (κ2) is 4.18. The Morgan fingerprint density at radius 1 is 1.21 bits per heavy atom. The first-order chi connectivity index (χ1) is 9.05. The Balaban J connectivity index is 1.90. The number of carbonyl (C=O) groups is 3. The van der Waals surface area contributed by atoms with Crippen LogP contribution in [-0.4, -0.2) is 33.3 Å². The molecule has 102 valence electrons. The molecule has 19 heavy (non-hydrogen) atoms. The summed E-state index contributed by atoms with van der Waals surface area (Å²) in [5, 5.41) is 9.04. The van der Waals surface area contributed by atoms with E-state index in [-0.39, 0.29) is 30.1 Å². The Hall–Kier alpha value is -1.65. The predicted octanol–water partition coefficient (Wildman–Crippen LogP) is 1.33. The van der Waals surface area contributed by atoms with Crippen molar-refractivity contribution in [3.05, 3.63) is 12.2 Å². The highest BCUT2D eigenvalue weighted by Gasteiger charge is 2.57. The summed E-state index contributed by atoms with van der Waals surface area (Å²) in [6.45, 7) is 0. The molecule has 0 radical (unpaired) electrons. The molecule has 1 aliphatic heterocycles. The highest BCUT2D eigenvalue weighted by atomic mass is 16.4. The average Bonchev–Trinajstić information content (AvgIpc) is 2.58. The minimum absolute atomic E-state index is 0.114. The van der Waals surface area contributed by atoms with Crippen LogP contribution in [0.4, 0.5) is 0 Å². The van der Waals surface area contributed by atoms with E-state index in [9.17, 15) is 14.4 Å². The van der Waals surface area contributed by atoms with Gasteiger partial charge in [-0.25, -0.2) is 0 Å². The van der Waals surface area contributed by atoms with Gasteiger partial charge in [-0.2, -0.15) is 0 Å². The molecule has 1 heterocycles. The van der Waals surface area contributed by atoms with Crippen molar-refractivity contribution in [2.24, 2.45) is 11.8 Å².